The highest BCUT2D eigenvalue weighted by molar-refractivity contribution is 5.75. The highest BCUT2D eigenvalue weighted by Crippen LogP contribution is 2.37. The normalized spacial score (nSPS) is 29.3. The van der Waals surface area contributed by atoms with Crippen LogP contribution in [0.3, 0.4) is 0 Å². The van der Waals surface area contributed by atoms with Gasteiger partial charge in [-0.05, 0) is 11.1 Å². The summed E-state index contributed by atoms with van der Waals surface area (Å²) in [5.41, 5.74) is 1.42. The lowest BCUT2D eigenvalue weighted by molar-refractivity contribution is -0.361. The lowest BCUT2D eigenvalue weighted by Crippen LogP contribution is -2.72. The lowest BCUT2D eigenvalue weighted by Gasteiger charge is -2.52. The number of benzene rings is 2. The Morgan fingerprint density at radius 2 is 0.747 bits per heavy atom. The van der Waals surface area contributed by atoms with Crippen LogP contribution < -0.4 is 16.0 Å². The molecule has 0 aliphatic carbocycles. The maximum absolute atomic E-state index is 13.4. The van der Waals surface area contributed by atoms with E-state index in [0.29, 0.717) is 5.56 Å². The Kier molecular flexibility index (Phi) is 22.4. The first-order valence-corrected chi connectivity index (χ1v) is 23.9. The molecule has 0 bridgehead atoms. The van der Waals surface area contributed by atoms with E-state index in [1.54, 1.807) is 42.5 Å². The Hall–Kier alpha value is -6.61. The molecule has 412 valence electrons. The molecule has 2 aromatic rings. The van der Waals surface area contributed by atoms with Gasteiger partial charge in [0.25, 0.3) is 0 Å². The van der Waals surface area contributed by atoms with E-state index in [0.717, 1.165) is 61.0 Å². The second kappa shape index (κ2) is 28.3. The minimum absolute atomic E-state index is 0.0108. The van der Waals surface area contributed by atoms with Crippen LogP contribution in [-0.2, 0) is 118 Å². The number of carbonyl (C=O) groups is 9. The van der Waals surface area contributed by atoms with E-state index < -0.39 is 159 Å². The largest absolute Gasteiger partial charge is 0.463 e. The second-order valence-corrected chi connectivity index (χ2v) is 17.7. The van der Waals surface area contributed by atoms with Gasteiger partial charge in [0.05, 0.1) is 19.8 Å². The minimum atomic E-state index is -1.81. The summed E-state index contributed by atoms with van der Waals surface area (Å²) in [6.07, 6.45) is -18.9. The summed E-state index contributed by atoms with van der Waals surface area (Å²) in [5, 5.41) is 8.13. The molecule has 3 fully saturated rings. The standard InChI is InChI=1S/C50H65N3O22/c1-25(54)51-39-47(75-50-41(53-27(3)56)46(70-33(9)62)43(68-31(7)60)38(73-50)24-65-29(5)58)44(36(22-63-20-34-16-12-10-13-17-34)71-48(39)66-21-35-18-14-11-15-19-35)74-49-40(52-26(2)55)45(69-32(8)61)42(67-30(6)59)37(72-49)23-64-28(4)57/h10-19,36-50H,20-24H2,1-9H3,(H,51,54)(H,52,55)(H,53,56)/t36-,37-,38-,39-,40-,41-,42+,43+,44+,45-,46-,47-,48+,49+,50+/m1/s1. The van der Waals surface area contributed by atoms with E-state index in [1.807, 2.05) is 18.2 Å². The van der Waals surface area contributed by atoms with Crippen molar-refractivity contribution in [3.63, 3.8) is 0 Å². The molecule has 25 heteroatoms. The van der Waals surface area contributed by atoms with Crippen molar-refractivity contribution in [3.8, 4) is 0 Å². The zero-order valence-electron chi connectivity index (χ0n) is 43.0. The number of carbonyl (C=O) groups excluding carboxylic acids is 9. The average molecular weight is 1060 g/mol. The Morgan fingerprint density at radius 1 is 0.400 bits per heavy atom. The monoisotopic (exact) mass is 1060 g/mol. The molecule has 0 saturated carbocycles. The van der Waals surface area contributed by atoms with E-state index >= 15 is 0 Å². The maximum Gasteiger partial charge on any atom is 0.303 e. The third-order valence-electron chi connectivity index (χ3n) is 11.4. The lowest BCUT2D eigenvalue weighted by atomic mass is 9.93. The molecule has 0 unspecified atom stereocenters. The summed E-state index contributed by atoms with van der Waals surface area (Å²) in [7, 11) is 0. The Bertz CT molecular complexity index is 2290. The molecule has 3 aliphatic heterocycles. The molecule has 0 spiro atoms. The van der Waals surface area contributed by atoms with Gasteiger partial charge in [0.1, 0.15) is 61.9 Å². The van der Waals surface area contributed by atoms with Gasteiger partial charge in [-0.3, -0.25) is 43.2 Å². The highest BCUT2D eigenvalue weighted by atomic mass is 16.8. The number of hydrogen-bond acceptors (Lipinski definition) is 22. The fraction of sp³-hybridized carbons (Fsp3) is 0.580. The van der Waals surface area contributed by atoms with Crippen LogP contribution in [0, 0.1) is 0 Å². The summed E-state index contributed by atoms with van der Waals surface area (Å²) in [6, 6.07) is 13.4. The molecule has 0 radical (unpaired) electrons. The van der Waals surface area contributed by atoms with Crippen molar-refractivity contribution in [3.05, 3.63) is 71.8 Å². The number of esters is 6. The molecule has 2 aromatic carbocycles. The molecule has 3 aliphatic rings. The topological polar surface area (TPSA) is 310 Å². The molecule has 0 aromatic heterocycles. The average Bonchev–Trinajstić information content (AvgIpc) is 3.32. The molecule has 3 heterocycles. The summed E-state index contributed by atoms with van der Waals surface area (Å²) >= 11 is 0. The summed E-state index contributed by atoms with van der Waals surface area (Å²) in [4.78, 5) is 115. The van der Waals surface area contributed by atoms with E-state index in [-0.39, 0.29) is 19.8 Å². The van der Waals surface area contributed by atoms with Crippen LogP contribution in [0.5, 0.6) is 0 Å². The van der Waals surface area contributed by atoms with Crippen molar-refractivity contribution in [2.75, 3.05) is 19.8 Å². The van der Waals surface area contributed by atoms with Crippen LogP contribution in [-0.4, -0.2) is 165 Å². The van der Waals surface area contributed by atoms with Gasteiger partial charge in [0, 0.05) is 62.3 Å². The first kappa shape index (κ1) is 59.3. The van der Waals surface area contributed by atoms with Crippen LogP contribution in [0.2, 0.25) is 0 Å². The zero-order chi connectivity index (χ0) is 54.9. The van der Waals surface area contributed by atoms with Crippen LogP contribution in [0.4, 0.5) is 0 Å². The van der Waals surface area contributed by atoms with Crippen molar-refractivity contribution in [1.82, 2.24) is 16.0 Å². The SMILES string of the molecule is CC(=O)N[C@H]1[C@H](O[C@@H]2[C@@H](NC(C)=O)[C@@H](OCc3ccccc3)O[C@H](COCc3ccccc3)[C@@H]2O[C@@H]2O[C@H](COC(C)=O)[C@H](OC(C)=O)[C@H](OC(C)=O)[C@H]2NC(C)=O)O[C@H](COC(C)=O)[C@H](OC(C)=O)[C@@H]1OC(C)=O. The molecule has 3 N–H and O–H groups in total. The quantitative estimate of drug-likeness (QED) is 0.108. The number of ether oxygens (including phenoxy) is 13. The van der Waals surface area contributed by atoms with Crippen LogP contribution in [0.25, 0.3) is 0 Å². The van der Waals surface area contributed by atoms with Crippen molar-refractivity contribution >= 4 is 53.5 Å². The Balaban J connectivity index is 1.75. The van der Waals surface area contributed by atoms with E-state index in [4.69, 9.17) is 61.6 Å². The van der Waals surface area contributed by atoms with Gasteiger partial charge in [-0.1, -0.05) is 60.7 Å². The van der Waals surface area contributed by atoms with E-state index in [9.17, 15) is 43.2 Å². The van der Waals surface area contributed by atoms with Gasteiger partial charge >= 0.3 is 35.8 Å². The Morgan fingerprint density at radius 3 is 1.13 bits per heavy atom. The second-order valence-electron chi connectivity index (χ2n) is 17.7. The molecule has 25 nitrogen and oxygen atoms in total. The van der Waals surface area contributed by atoms with Crippen LogP contribution in [0.1, 0.15) is 73.4 Å². The van der Waals surface area contributed by atoms with Crippen molar-refractivity contribution in [2.24, 2.45) is 0 Å². The van der Waals surface area contributed by atoms with Gasteiger partial charge in [-0.25, -0.2) is 0 Å². The summed E-state index contributed by atoms with van der Waals surface area (Å²) < 4.78 is 79.5. The fourth-order valence-electron chi connectivity index (χ4n) is 8.64. The molecular weight excluding hydrogens is 995 g/mol. The first-order chi connectivity index (χ1) is 35.6. The summed E-state index contributed by atoms with van der Waals surface area (Å²) in [6.45, 7) is 8.29. The molecule has 75 heavy (non-hydrogen) atoms. The van der Waals surface area contributed by atoms with Gasteiger partial charge in [-0.15, -0.1) is 0 Å². The summed E-state index contributed by atoms with van der Waals surface area (Å²) in [5.74, 6) is -7.15. The van der Waals surface area contributed by atoms with Gasteiger partial charge in [0.15, 0.2) is 43.3 Å². The van der Waals surface area contributed by atoms with Gasteiger partial charge in [-0.2, -0.15) is 0 Å². The highest BCUT2D eigenvalue weighted by Gasteiger charge is 2.58. The van der Waals surface area contributed by atoms with Crippen LogP contribution >= 0.6 is 0 Å². The maximum atomic E-state index is 13.4. The third-order valence-corrected chi connectivity index (χ3v) is 11.4. The molecule has 15 atom stereocenters. The van der Waals surface area contributed by atoms with Crippen LogP contribution in [0.15, 0.2) is 60.7 Å². The third kappa shape index (κ3) is 18.0. The van der Waals surface area contributed by atoms with Crippen molar-refractivity contribution in [2.45, 2.75) is 167 Å². The van der Waals surface area contributed by atoms with Gasteiger partial charge < -0.3 is 77.5 Å². The van der Waals surface area contributed by atoms with E-state index in [1.165, 1.54) is 6.92 Å². The number of amides is 3. The van der Waals surface area contributed by atoms with Gasteiger partial charge in [0.2, 0.25) is 17.7 Å². The number of rotatable bonds is 22. The molecular formula is C50H65N3O22. The van der Waals surface area contributed by atoms with Crippen molar-refractivity contribution < 1.29 is 105 Å². The zero-order valence-corrected chi connectivity index (χ0v) is 43.0. The fourth-order valence-corrected chi connectivity index (χ4v) is 8.64. The number of nitrogens with one attached hydrogen (secondary N) is 3. The first-order valence-electron chi connectivity index (χ1n) is 23.9. The Labute approximate surface area is 432 Å². The predicted molar refractivity (Wildman–Crippen MR) is 251 cm³/mol. The van der Waals surface area contributed by atoms with E-state index in [2.05, 4.69) is 16.0 Å². The smallest absolute Gasteiger partial charge is 0.303 e. The predicted octanol–water partition coefficient (Wildman–Crippen LogP) is 0.732. The van der Waals surface area contributed by atoms with Crippen molar-refractivity contribution in [1.29, 1.82) is 0 Å². The minimum Gasteiger partial charge on any atom is -0.463 e. The molecule has 5 rings (SSSR count). The molecule has 3 saturated heterocycles. The number of hydrogen-bond donors (Lipinski definition) is 3. The molecule has 3 amide bonds.